The van der Waals surface area contributed by atoms with E-state index in [1.54, 1.807) is 0 Å². The third-order valence-electron chi connectivity index (χ3n) is 6.31. The summed E-state index contributed by atoms with van der Waals surface area (Å²) in [7, 11) is 0. The molecule has 3 saturated carbocycles. The number of ketones is 1. The number of fused-ring (bicyclic) bond motifs is 2. The fraction of sp³-hybridized carbons (Fsp3) is 0.938. The molecule has 1 nitrogen and oxygen atoms in total. The fourth-order valence-electron chi connectivity index (χ4n) is 5.15. The first-order valence-electron chi connectivity index (χ1n) is 7.61. The van der Waals surface area contributed by atoms with Crippen LogP contribution in [0, 0.1) is 29.1 Å². The van der Waals surface area contributed by atoms with E-state index in [0.717, 1.165) is 30.6 Å². The zero-order chi connectivity index (χ0) is 12.0. The van der Waals surface area contributed by atoms with Crippen molar-refractivity contribution in [2.75, 3.05) is 0 Å². The highest BCUT2D eigenvalue weighted by molar-refractivity contribution is 5.82. The van der Waals surface area contributed by atoms with Crippen molar-refractivity contribution in [3.63, 3.8) is 0 Å². The van der Waals surface area contributed by atoms with E-state index < -0.39 is 0 Å². The molecule has 0 heterocycles. The molecule has 0 amide bonds. The molecule has 3 aliphatic carbocycles. The molecule has 0 N–H and O–H groups in total. The molecule has 2 bridgehead atoms. The Kier molecular flexibility index (Phi) is 2.83. The monoisotopic (exact) mass is 234 g/mol. The first-order valence-corrected chi connectivity index (χ1v) is 7.61. The number of carbonyl (C=O) groups is 1. The number of rotatable bonds is 3. The largest absolute Gasteiger partial charge is 0.299 e. The van der Waals surface area contributed by atoms with Crippen LogP contribution < -0.4 is 0 Å². The minimum absolute atomic E-state index is 0.435. The lowest BCUT2D eigenvalue weighted by Crippen LogP contribution is -2.31. The van der Waals surface area contributed by atoms with Gasteiger partial charge in [0.25, 0.3) is 0 Å². The molecular weight excluding hydrogens is 208 g/mol. The van der Waals surface area contributed by atoms with Crippen LogP contribution in [0.25, 0.3) is 0 Å². The lowest BCUT2D eigenvalue weighted by molar-refractivity contribution is -0.121. The Hall–Kier alpha value is -0.330. The van der Waals surface area contributed by atoms with Gasteiger partial charge in [0.15, 0.2) is 0 Å². The summed E-state index contributed by atoms with van der Waals surface area (Å²) in [6.45, 7) is 4.97. The van der Waals surface area contributed by atoms with Crippen molar-refractivity contribution in [3.05, 3.63) is 0 Å². The second-order valence-electron chi connectivity index (χ2n) is 7.33. The highest BCUT2D eigenvalue weighted by atomic mass is 16.1. The molecular formula is C16H26O. The quantitative estimate of drug-likeness (QED) is 0.715. The van der Waals surface area contributed by atoms with Crippen LogP contribution in [0.2, 0.25) is 0 Å². The van der Waals surface area contributed by atoms with Gasteiger partial charge in [-0.05, 0) is 68.1 Å². The third kappa shape index (κ3) is 1.86. The third-order valence-corrected chi connectivity index (χ3v) is 6.31. The van der Waals surface area contributed by atoms with Crippen LogP contribution in [0.4, 0.5) is 0 Å². The Morgan fingerprint density at radius 1 is 1.18 bits per heavy atom. The van der Waals surface area contributed by atoms with Gasteiger partial charge in [0.2, 0.25) is 0 Å². The number of hydrogen-bond donors (Lipinski definition) is 0. The van der Waals surface area contributed by atoms with Crippen molar-refractivity contribution in [2.45, 2.75) is 65.2 Å². The standard InChI is InChI=1S/C16H26O/c1-16(2)13-8-6-12(10-13)14(16)9-7-11-4-3-5-15(11)17/h11-14H,3-10H2,1-2H3. The minimum atomic E-state index is 0.435. The topological polar surface area (TPSA) is 17.1 Å². The molecule has 17 heavy (non-hydrogen) atoms. The number of Topliss-reactive ketones (excluding diaryl/α,β-unsaturated/α-hetero) is 1. The van der Waals surface area contributed by atoms with Gasteiger partial charge in [-0.1, -0.05) is 13.8 Å². The van der Waals surface area contributed by atoms with Gasteiger partial charge in [-0.3, -0.25) is 4.79 Å². The van der Waals surface area contributed by atoms with Crippen molar-refractivity contribution < 1.29 is 4.79 Å². The summed E-state index contributed by atoms with van der Waals surface area (Å²) in [5, 5.41) is 0. The van der Waals surface area contributed by atoms with Crippen LogP contribution >= 0.6 is 0 Å². The predicted octanol–water partition coefficient (Wildman–Crippen LogP) is 4.21. The van der Waals surface area contributed by atoms with Gasteiger partial charge in [-0.25, -0.2) is 0 Å². The Balaban J connectivity index is 1.60. The van der Waals surface area contributed by atoms with Crippen molar-refractivity contribution in [1.82, 2.24) is 0 Å². The zero-order valence-electron chi connectivity index (χ0n) is 11.4. The fourth-order valence-corrected chi connectivity index (χ4v) is 5.15. The van der Waals surface area contributed by atoms with Gasteiger partial charge >= 0.3 is 0 Å². The van der Waals surface area contributed by atoms with E-state index in [-0.39, 0.29) is 0 Å². The van der Waals surface area contributed by atoms with E-state index in [2.05, 4.69) is 13.8 Å². The summed E-state index contributed by atoms with van der Waals surface area (Å²) in [5.74, 6) is 3.88. The molecule has 4 atom stereocenters. The molecule has 1 heteroatoms. The number of hydrogen-bond acceptors (Lipinski definition) is 1. The minimum Gasteiger partial charge on any atom is -0.299 e. The van der Waals surface area contributed by atoms with Crippen LogP contribution in [0.15, 0.2) is 0 Å². The lowest BCUT2D eigenvalue weighted by atomic mass is 9.66. The van der Waals surface area contributed by atoms with Gasteiger partial charge < -0.3 is 0 Å². The highest BCUT2D eigenvalue weighted by Gasteiger charge is 2.52. The summed E-state index contributed by atoms with van der Waals surface area (Å²) in [5.41, 5.74) is 0.560. The summed E-state index contributed by atoms with van der Waals surface area (Å²) >= 11 is 0. The first-order chi connectivity index (χ1) is 8.09. The van der Waals surface area contributed by atoms with Crippen molar-refractivity contribution >= 4 is 5.78 Å². The average molecular weight is 234 g/mol. The molecule has 0 aromatic carbocycles. The predicted molar refractivity (Wildman–Crippen MR) is 69.7 cm³/mol. The molecule has 3 fully saturated rings. The van der Waals surface area contributed by atoms with Crippen molar-refractivity contribution in [1.29, 1.82) is 0 Å². The summed E-state index contributed by atoms with van der Waals surface area (Å²) in [6.07, 6.45) is 10.1. The van der Waals surface area contributed by atoms with Crippen LogP contribution in [0.5, 0.6) is 0 Å². The molecule has 0 aromatic heterocycles. The first kappa shape index (κ1) is 11.7. The van der Waals surface area contributed by atoms with Crippen LogP contribution in [-0.4, -0.2) is 5.78 Å². The van der Waals surface area contributed by atoms with E-state index in [1.165, 1.54) is 38.5 Å². The second kappa shape index (κ2) is 4.10. The Morgan fingerprint density at radius 2 is 2.00 bits per heavy atom. The van der Waals surface area contributed by atoms with E-state index in [4.69, 9.17) is 0 Å². The van der Waals surface area contributed by atoms with Crippen LogP contribution in [-0.2, 0) is 4.79 Å². The van der Waals surface area contributed by atoms with E-state index in [1.807, 2.05) is 0 Å². The molecule has 0 aliphatic heterocycles. The Morgan fingerprint density at radius 3 is 2.59 bits per heavy atom. The molecule has 3 aliphatic rings. The summed E-state index contributed by atoms with van der Waals surface area (Å²) < 4.78 is 0. The van der Waals surface area contributed by atoms with E-state index >= 15 is 0 Å². The summed E-state index contributed by atoms with van der Waals surface area (Å²) in [6, 6.07) is 0. The van der Waals surface area contributed by atoms with Crippen LogP contribution in [0.1, 0.15) is 65.2 Å². The maximum Gasteiger partial charge on any atom is 0.135 e. The number of carbonyl (C=O) groups excluding carboxylic acids is 1. The molecule has 4 unspecified atom stereocenters. The molecule has 0 aromatic rings. The maximum atomic E-state index is 11.7. The van der Waals surface area contributed by atoms with E-state index in [9.17, 15) is 4.79 Å². The van der Waals surface area contributed by atoms with Crippen LogP contribution in [0.3, 0.4) is 0 Å². The highest BCUT2D eigenvalue weighted by Crippen LogP contribution is 2.60. The van der Waals surface area contributed by atoms with Crippen molar-refractivity contribution in [2.24, 2.45) is 29.1 Å². The lowest BCUT2D eigenvalue weighted by Gasteiger charge is -2.38. The Bertz CT molecular complexity index is 317. The van der Waals surface area contributed by atoms with Gasteiger partial charge in [0, 0.05) is 12.3 Å². The zero-order valence-corrected chi connectivity index (χ0v) is 11.4. The molecule has 0 spiro atoms. The smallest absolute Gasteiger partial charge is 0.135 e. The molecule has 0 radical (unpaired) electrons. The second-order valence-corrected chi connectivity index (χ2v) is 7.33. The van der Waals surface area contributed by atoms with Gasteiger partial charge in [-0.15, -0.1) is 0 Å². The average Bonchev–Trinajstić information content (AvgIpc) is 2.92. The maximum absolute atomic E-state index is 11.7. The molecule has 0 saturated heterocycles. The normalized spacial score (nSPS) is 43.5. The van der Waals surface area contributed by atoms with Gasteiger partial charge in [0.05, 0.1) is 0 Å². The SMILES string of the molecule is CC1(C)C2CCC(C2)C1CCC1CCCC1=O. The van der Waals surface area contributed by atoms with Gasteiger partial charge in [0.1, 0.15) is 5.78 Å². The summed E-state index contributed by atoms with van der Waals surface area (Å²) in [4.78, 5) is 11.7. The van der Waals surface area contributed by atoms with Gasteiger partial charge in [-0.2, -0.15) is 0 Å². The molecule has 96 valence electrons. The Labute approximate surface area is 105 Å². The van der Waals surface area contributed by atoms with Crippen molar-refractivity contribution in [3.8, 4) is 0 Å². The molecule has 3 rings (SSSR count). The van der Waals surface area contributed by atoms with E-state index in [0.29, 0.717) is 17.1 Å².